The van der Waals surface area contributed by atoms with E-state index in [0.717, 1.165) is 5.56 Å². The topological polar surface area (TPSA) is 138 Å². The van der Waals surface area contributed by atoms with Gasteiger partial charge in [-0.25, -0.2) is 4.79 Å². The van der Waals surface area contributed by atoms with Crippen molar-refractivity contribution in [2.45, 2.75) is 38.2 Å². The van der Waals surface area contributed by atoms with Crippen LogP contribution in [0.5, 0.6) is 5.75 Å². The van der Waals surface area contributed by atoms with Crippen LogP contribution in [-0.4, -0.2) is 71.0 Å². The zero-order chi connectivity index (χ0) is 24.9. The number of hydrogen-bond acceptors (Lipinski definition) is 8. The maximum atomic E-state index is 13.1. The molecule has 2 amide bonds. The van der Waals surface area contributed by atoms with Gasteiger partial charge in [0.1, 0.15) is 18.4 Å². The predicted octanol–water partition coefficient (Wildman–Crippen LogP) is 0.0657. The van der Waals surface area contributed by atoms with Crippen molar-refractivity contribution in [3.63, 3.8) is 0 Å². The van der Waals surface area contributed by atoms with Gasteiger partial charge < -0.3 is 35.2 Å². The van der Waals surface area contributed by atoms with Gasteiger partial charge in [0.2, 0.25) is 11.8 Å². The summed E-state index contributed by atoms with van der Waals surface area (Å²) < 4.78 is 21.3. The number of hydrogen-bond donors (Lipinski definition) is 3. The molecule has 0 spiro atoms. The molecule has 0 saturated carbocycles. The number of nitrogens with one attached hydrogen (secondary N) is 2. The molecule has 2 aliphatic heterocycles. The number of rotatable bonds is 5. The lowest BCUT2D eigenvalue weighted by atomic mass is 9.75. The summed E-state index contributed by atoms with van der Waals surface area (Å²) in [5.74, 6) is -1.63. The third-order valence-electron chi connectivity index (χ3n) is 5.27. The van der Waals surface area contributed by atoms with Gasteiger partial charge in [-0.15, -0.1) is 0 Å². The van der Waals surface area contributed by atoms with Gasteiger partial charge in [0.15, 0.2) is 6.04 Å². The van der Waals surface area contributed by atoms with E-state index in [1.165, 1.54) is 7.11 Å². The Morgan fingerprint density at radius 2 is 1.85 bits per heavy atom. The van der Waals surface area contributed by atoms with Crippen LogP contribution >= 0.6 is 0 Å². The molecule has 11 heteroatoms. The highest BCUT2D eigenvalue weighted by molar-refractivity contribution is 6.37. The summed E-state index contributed by atoms with van der Waals surface area (Å²) >= 11 is 0. The molecule has 10 nitrogen and oxygen atoms in total. The number of nitrogens with two attached hydrogens (primary N) is 1. The summed E-state index contributed by atoms with van der Waals surface area (Å²) in [6.07, 6.45) is 3.94. The van der Waals surface area contributed by atoms with Crippen molar-refractivity contribution in [2.75, 3.05) is 33.7 Å². The van der Waals surface area contributed by atoms with Gasteiger partial charge in [0.05, 0.1) is 27.1 Å². The number of carbonyl (C=O) groups is 3. The summed E-state index contributed by atoms with van der Waals surface area (Å²) in [7, 11) is 1.33. The second-order valence-electron chi connectivity index (χ2n) is 8.22. The van der Waals surface area contributed by atoms with Crippen LogP contribution in [0.4, 0.5) is 0 Å². The van der Waals surface area contributed by atoms with Gasteiger partial charge in [-0.3, -0.25) is 9.59 Å². The Morgan fingerprint density at radius 1 is 1.15 bits per heavy atom. The van der Waals surface area contributed by atoms with Crippen LogP contribution in [0, 0.1) is 5.92 Å². The molecule has 34 heavy (non-hydrogen) atoms. The monoisotopic (exact) mass is 475 g/mol. The molecule has 0 radical (unpaired) electrons. The van der Waals surface area contributed by atoms with Crippen LogP contribution in [0.25, 0.3) is 0 Å². The van der Waals surface area contributed by atoms with E-state index < -0.39 is 29.8 Å². The maximum Gasteiger partial charge on any atom is 0.330 e. The Bertz CT molecular complexity index is 832. The van der Waals surface area contributed by atoms with E-state index in [2.05, 4.69) is 10.6 Å². The first-order chi connectivity index (χ1) is 16.3. The lowest BCUT2D eigenvalue weighted by Crippen LogP contribution is -2.55. The first kappa shape index (κ1) is 27.4. The Labute approximate surface area is 200 Å². The summed E-state index contributed by atoms with van der Waals surface area (Å²) in [5.41, 5.74) is 6.38. The molecule has 2 bridgehead atoms. The standard InChI is InChI=1S/C23H34BN3O7/c1-15(2)20-22(29)26-19(23(30)31-3)13-32-10-4-5-11-33-17-8-6-16(7-9-17)12-18(21(28)27-20)24-34-14-25/h4-9,15,18-20,24H,10-14,25H2,1-3H3,(H,26,29)(H,27,28)/b5-4+/t18-,19-,20-/m0/s1. The van der Waals surface area contributed by atoms with Gasteiger partial charge in [-0.2, -0.15) is 0 Å². The number of ether oxygens (including phenoxy) is 3. The van der Waals surface area contributed by atoms with Crippen molar-refractivity contribution in [1.29, 1.82) is 0 Å². The molecule has 0 aromatic heterocycles. The van der Waals surface area contributed by atoms with Crippen molar-refractivity contribution in [2.24, 2.45) is 11.7 Å². The molecule has 4 N–H and O–H groups in total. The fraction of sp³-hybridized carbons (Fsp3) is 0.522. The normalized spacial score (nSPS) is 23.5. The second kappa shape index (κ2) is 14.4. The minimum Gasteiger partial charge on any atom is -0.490 e. The van der Waals surface area contributed by atoms with Crippen LogP contribution in [0.1, 0.15) is 19.4 Å². The molecule has 186 valence electrons. The number of methoxy groups -OCH3 is 1. The van der Waals surface area contributed by atoms with Crippen LogP contribution < -0.4 is 21.1 Å². The van der Waals surface area contributed by atoms with E-state index in [1.54, 1.807) is 26.0 Å². The molecule has 2 aliphatic rings. The van der Waals surface area contributed by atoms with Crippen LogP contribution in [-0.2, 0) is 34.9 Å². The van der Waals surface area contributed by atoms with Gasteiger partial charge >= 0.3 is 5.97 Å². The molecular weight excluding hydrogens is 441 g/mol. The molecule has 0 saturated heterocycles. The van der Waals surface area contributed by atoms with Gasteiger partial charge in [0.25, 0.3) is 7.48 Å². The predicted molar refractivity (Wildman–Crippen MR) is 127 cm³/mol. The zero-order valence-corrected chi connectivity index (χ0v) is 20.0. The van der Waals surface area contributed by atoms with E-state index >= 15 is 0 Å². The summed E-state index contributed by atoms with van der Waals surface area (Å²) in [5, 5.41) is 5.44. The Morgan fingerprint density at radius 3 is 2.50 bits per heavy atom. The molecule has 1 aromatic carbocycles. The van der Waals surface area contributed by atoms with E-state index in [0.29, 0.717) is 18.8 Å². The highest BCUT2D eigenvalue weighted by Gasteiger charge is 2.32. The Balaban J connectivity index is 2.29. The van der Waals surface area contributed by atoms with Gasteiger partial charge in [-0.05, 0) is 36.1 Å². The largest absolute Gasteiger partial charge is 0.490 e. The minimum absolute atomic E-state index is 0.0288. The van der Waals surface area contributed by atoms with Crippen molar-refractivity contribution in [3.05, 3.63) is 42.0 Å². The van der Waals surface area contributed by atoms with Crippen molar-refractivity contribution < 1.29 is 33.2 Å². The fourth-order valence-corrected chi connectivity index (χ4v) is 3.36. The number of amides is 2. The molecule has 0 unspecified atom stereocenters. The van der Waals surface area contributed by atoms with Crippen molar-refractivity contribution in [1.82, 2.24) is 10.6 Å². The average Bonchev–Trinajstić information content (AvgIpc) is 2.83. The highest BCUT2D eigenvalue weighted by atomic mass is 16.5. The Hall–Kier alpha value is -2.89. The highest BCUT2D eigenvalue weighted by Crippen LogP contribution is 2.19. The first-order valence-electron chi connectivity index (χ1n) is 11.3. The first-order valence-corrected chi connectivity index (χ1v) is 11.3. The van der Waals surface area contributed by atoms with Gasteiger partial charge in [-0.1, -0.05) is 32.1 Å². The van der Waals surface area contributed by atoms with Crippen molar-refractivity contribution in [3.8, 4) is 5.75 Å². The van der Waals surface area contributed by atoms with E-state index in [9.17, 15) is 14.4 Å². The van der Waals surface area contributed by atoms with Crippen LogP contribution in [0.2, 0.25) is 5.82 Å². The third-order valence-corrected chi connectivity index (χ3v) is 5.27. The number of carbonyl (C=O) groups excluding carboxylic acids is 3. The van der Waals surface area contributed by atoms with Gasteiger partial charge in [0, 0.05) is 5.82 Å². The third kappa shape index (κ3) is 8.81. The maximum absolute atomic E-state index is 13.1. The SMILES string of the molecule is COC(=O)[C@@H]1COC/C=C/COc2ccc(cc2)C[C@H](BOCN)C(=O)N[C@@H](C(C)C)C(=O)N1. The molecule has 0 fully saturated rings. The summed E-state index contributed by atoms with van der Waals surface area (Å²) in [4.78, 5) is 38.3. The molecular formula is C23H34BN3O7. The average molecular weight is 475 g/mol. The lowest BCUT2D eigenvalue weighted by molar-refractivity contribution is -0.147. The molecule has 3 rings (SSSR count). The molecule has 3 atom stereocenters. The number of esters is 1. The van der Waals surface area contributed by atoms with E-state index in [-0.39, 0.29) is 39.3 Å². The Kier molecular flexibility index (Phi) is 11.6. The number of fused-ring (bicyclic) bond motifs is 15. The minimum atomic E-state index is -1.02. The second-order valence-corrected chi connectivity index (χ2v) is 8.22. The summed E-state index contributed by atoms with van der Waals surface area (Å²) in [6, 6.07) is 5.53. The van der Waals surface area contributed by atoms with E-state index in [1.807, 2.05) is 24.3 Å². The fourth-order valence-electron chi connectivity index (χ4n) is 3.36. The lowest BCUT2D eigenvalue weighted by Gasteiger charge is -2.26. The zero-order valence-electron chi connectivity index (χ0n) is 20.0. The molecule has 2 heterocycles. The quantitative estimate of drug-likeness (QED) is 0.179. The van der Waals surface area contributed by atoms with Crippen LogP contribution in [0.3, 0.4) is 0 Å². The summed E-state index contributed by atoms with van der Waals surface area (Å²) in [6.45, 7) is 4.05. The number of benzene rings is 1. The molecule has 0 aliphatic carbocycles. The van der Waals surface area contributed by atoms with Crippen LogP contribution in [0.15, 0.2) is 36.4 Å². The smallest absolute Gasteiger partial charge is 0.330 e. The molecule has 1 aromatic rings. The van der Waals surface area contributed by atoms with E-state index in [4.69, 9.17) is 24.6 Å². The van der Waals surface area contributed by atoms with Crippen molar-refractivity contribution >= 4 is 25.3 Å².